The quantitative estimate of drug-likeness (QED) is 0.707. The number of carboxylic acids is 1. The molecule has 1 unspecified atom stereocenters. The van der Waals surface area contributed by atoms with Gasteiger partial charge in [0.15, 0.2) is 5.76 Å². The van der Waals surface area contributed by atoms with Crippen LogP contribution in [-0.4, -0.2) is 16.2 Å². The lowest BCUT2D eigenvalue weighted by Gasteiger charge is -2.26. The van der Waals surface area contributed by atoms with Crippen LogP contribution in [0.4, 0.5) is 0 Å². The Hall–Kier alpha value is -1.29. The number of carbonyl (C=O) groups is 1. The van der Waals surface area contributed by atoms with Gasteiger partial charge < -0.3 is 14.6 Å². The predicted molar refractivity (Wildman–Crippen MR) is 47.9 cm³/mol. The van der Waals surface area contributed by atoms with Gasteiger partial charge >= 0.3 is 5.97 Å². The van der Waals surface area contributed by atoms with Crippen molar-refractivity contribution in [3.05, 3.63) is 23.2 Å². The first-order valence-electron chi connectivity index (χ1n) is 4.59. The summed E-state index contributed by atoms with van der Waals surface area (Å²) in [5, 5.41) is 18.9. The Balaban J connectivity index is 2.54. The highest BCUT2D eigenvalue weighted by atomic mass is 16.4. The van der Waals surface area contributed by atoms with E-state index in [0.717, 1.165) is 12.0 Å². The van der Waals surface area contributed by atoms with Crippen LogP contribution in [0.5, 0.6) is 0 Å². The van der Waals surface area contributed by atoms with Gasteiger partial charge in [-0.1, -0.05) is 0 Å². The number of furan rings is 1. The van der Waals surface area contributed by atoms with Gasteiger partial charge in [0.05, 0.1) is 0 Å². The standard InChI is InChI=1S/C10H12O4/c1-6-5-7-3-2-4-10(13,9(11)12)8(7)14-6/h5,13H,2-4H2,1H3,(H,11,12). The van der Waals surface area contributed by atoms with Gasteiger partial charge in [-0.15, -0.1) is 0 Å². The molecular weight excluding hydrogens is 184 g/mol. The summed E-state index contributed by atoms with van der Waals surface area (Å²) in [7, 11) is 0. The third kappa shape index (κ3) is 1.14. The summed E-state index contributed by atoms with van der Waals surface area (Å²) < 4.78 is 5.25. The van der Waals surface area contributed by atoms with Crippen molar-refractivity contribution < 1.29 is 19.4 Å². The van der Waals surface area contributed by atoms with Crippen molar-refractivity contribution in [3.63, 3.8) is 0 Å². The molecule has 1 aromatic rings. The van der Waals surface area contributed by atoms with Gasteiger partial charge in [0.25, 0.3) is 0 Å². The van der Waals surface area contributed by atoms with Crippen molar-refractivity contribution in [1.29, 1.82) is 0 Å². The Kier molecular flexibility index (Phi) is 1.89. The largest absolute Gasteiger partial charge is 0.479 e. The molecule has 1 heterocycles. The number of aliphatic hydroxyl groups is 1. The molecule has 0 amide bonds. The minimum Gasteiger partial charge on any atom is -0.479 e. The molecule has 2 N–H and O–H groups in total. The second-order valence-corrected chi connectivity index (χ2v) is 3.73. The summed E-state index contributed by atoms with van der Waals surface area (Å²) in [6, 6.07) is 1.79. The fourth-order valence-corrected chi connectivity index (χ4v) is 1.95. The summed E-state index contributed by atoms with van der Waals surface area (Å²) in [4.78, 5) is 10.9. The van der Waals surface area contributed by atoms with Crippen molar-refractivity contribution >= 4 is 5.97 Å². The van der Waals surface area contributed by atoms with E-state index in [0.29, 0.717) is 12.2 Å². The van der Waals surface area contributed by atoms with Crippen LogP contribution in [0, 0.1) is 6.92 Å². The van der Waals surface area contributed by atoms with Crippen molar-refractivity contribution in [2.45, 2.75) is 31.8 Å². The molecule has 0 radical (unpaired) electrons. The summed E-state index contributed by atoms with van der Waals surface area (Å²) in [6.45, 7) is 1.75. The average Bonchev–Trinajstić information content (AvgIpc) is 2.47. The van der Waals surface area contributed by atoms with Gasteiger partial charge in [-0.25, -0.2) is 4.79 Å². The molecule has 0 aliphatic heterocycles. The average molecular weight is 196 g/mol. The van der Waals surface area contributed by atoms with Crippen LogP contribution in [0.2, 0.25) is 0 Å². The van der Waals surface area contributed by atoms with E-state index in [4.69, 9.17) is 9.52 Å². The molecule has 4 nitrogen and oxygen atoms in total. The van der Waals surface area contributed by atoms with E-state index < -0.39 is 11.6 Å². The van der Waals surface area contributed by atoms with Crippen LogP contribution in [0.15, 0.2) is 10.5 Å². The van der Waals surface area contributed by atoms with Gasteiger partial charge in [-0.05, 0) is 37.8 Å². The number of aliphatic carboxylic acids is 1. The maximum Gasteiger partial charge on any atom is 0.343 e. The zero-order chi connectivity index (χ0) is 10.3. The molecule has 0 aromatic carbocycles. The SMILES string of the molecule is Cc1cc2c(o1)C(O)(C(=O)O)CCC2. The lowest BCUT2D eigenvalue weighted by atomic mass is 9.84. The molecule has 1 atom stereocenters. The molecule has 1 aliphatic rings. The Bertz CT molecular complexity index is 379. The highest BCUT2D eigenvalue weighted by Crippen LogP contribution is 2.37. The molecule has 14 heavy (non-hydrogen) atoms. The van der Waals surface area contributed by atoms with Gasteiger partial charge in [0, 0.05) is 0 Å². The number of carboxylic acid groups (broad SMARTS) is 1. The summed E-state index contributed by atoms with van der Waals surface area (Å²) in [6.07, 6.45) is 1.68. The van der Waals surface area contributed by atoms with E-state index in [2.05, 4.69) is 0 Å². The number of fused-ring (bicyclic) bond motifs is 1. The molecule has 0 saturated heterocycles. The molecule has 76 valence electrons. The molecule has 0 fully saturated rings. The zero-order valence-corrected chi connectivity index (χ0v) is 7.91. The first-order valence-corrected chi connectivity index (χ1v) is 4.59. The normalized spacial score (nSPS) is 25.9. The number of rotatable bonds is 1. The highest BCUT2D eigenvalue weighted by molar-refractivity contribution is 5.79. The van der Waals surface area contributed by atoms with Crippen LogP contribution >= 0.6 is 0 Å². The fourth-order valence-electron chi connectivity index (χ4n) is 1.95. The third-order valence-electron chi connectivity index (χ3n) is 2.65. The molecule has 2 rings (SSSR count). The lowest BCUT2D eigenvalue weighted by Crippen LogP contribution is -2.38. The molecule has 0 spiro atoms. The first-order chi connectivity index (χ1) is 6.54. The predicted octanol–water partition coefficient (Wildman–Crippen LogP) is 1.20. The Morgan fingerprint density at radius 1 is 1.64 bits per heavy atom. The lowest BCUT2D eigenvalue weighted by molar-refractivity contribution is -0.163. The van der Waals surface area contributed by atoms with Crippen LogP contribution in [-0.2, 0) is 16.8 Å². The fraction of sp³-hybridized carbons (Fsp3) is 0.500. The molecular formula is C10H12O4. The maximum absolute atomic E-state index is 10.9. The second-order valence-electron chi connectivity index (χ2n) is 3.73. The minimum absolute atomic E-state index is 0.216. The zero-order valence-electron chi connectivity index (χ0n) is 7.91. The van der Waals surface area contributed by atoms with Gasteiger partial charge in [-0.3, -0.25) is 0 Å². The number of hydrogen-bond acceptors (Lipinski definition) is 3. The van der Waals surface area contributed by atoms with E-state index in [9.17, 15) is 9.90 Å². The first kappa shape index (κ1) is 9.27. The minimum atomic E-state index is -1.82. The monoisotopic (exact) mass is 196 g/mol. The van der Waals surface area contributed by atoms with E-state index >= 15 is 0 Å². The third-order valence-corrected chi connectivity index (χ3v) is 2.65. The van der Waals surface area contributed by atoms with Crippen molar-refractivity contribution in [1.82, 2.24) is 0 Å². The van der Waals surface area contributed by atoms with Gasteiger partial charge in [-0.2, -0.15) is 0 Å². The Morgan fingerprint density at radius 2 is 2.36 bits per heavy atom. The number of hydrogen-bond donors (Lipinski definition) is 2. The molecule has 0 saturated carbocycles. The summed E-state index contributed by atoms with van der Waals surface area (Å²) in [5.74, 6) is -0.363. The van der Waals surface area contributed by atoms with Crippen LogP contribution in [0.1, 0.15) is 29.9 Å². The topological polar surface area (TPSA) is 70.7 Å². The maximum atomic E-state index is 10.9. The van der Waals surface area contributed by atoms with Crippen LogP contribution in [0.25, 0.3) is 0 Å². The van der Waals surface area contributed by atoms with E-state index in [1.807, 2.05) is 0 Å². The van der Waals surface area contributed by atoms with Crippen molar-refractivity contribution in [2.75, 3.05) is 0 Å². The highest BCUT2D eigenvalue weighted by Gasteiger charge is 2.45. The molecule has 0 bridgehead atoms. The summed E-state index contributed by atoms with van der Waals surface area (Å²) >= 11 is 0. The Morgan fingerprint density at radius 3 is 3.00 bits per heavy atom. The van der Waals surface area contributed by atoms with Crippen LogP contribution < -0.4 is 0 Å². The van der Waals surface area contributed by atoms with Gasteiger partial charge in [0.2, 0.25) is 5.60 Å². The van der Waals surface area contributed by atoms with E-state index in [1.165, 1.54) is 0 Å². The van der Waals surface area contributed by atoms with E-state index in [-0.39, 0.29) is 12.2 Å². The molecule has 1 aliphatic carbocycles. The van der Waals surface area contributed by atoms with E-state index in [1.54, 1.807) is 13.0 Å². The Labute approximate surface area is 81.2 Å². The van der Waals surface area contributed by atoms with Crippen LogP contribution in [0.3, 0.4) is 0 Å². The summed E-state index contributed by atoms with van der Waals surface area (Å²) in [5.41, 5.74) is -0.999. The smallest absolute Gasteiger partial charge is 0.343 e. The molecule has 1 aromatic heterocycles. The second kappa shape index (κ2) is 2.85. The van der Waals surface area contributed by atoms with Crippen molar-refractivity contribution in [2.24, 2.45) is 0 Å². The number of aryl methyl sites for hydroxylation is 2. The van der Waals surface area contributed by atoms with Crippen molar-refractivity contribution in [3.8, 4) is 0 Å². The molecule has 4 heteroatoms. The van der Waals surface area contributed by atoms with Gasteiger partial charge in [0.1, 0.15) is 5.76 Å².